The van der Waals surface area contributed by atoms with Crippen molar-refractivity contribution < 1.29 is 22.8 Å². The largest absolute Gasteiger partial charge is 0.416 e. The minimum absolute atomic E-state index is 0.0930. The Morgan fingerprint density at radius 3 is 2.53 bits per heavy atom. The summed E-state index contributed by atoms with van der Waals surface area (Å²) in [6.45, 7) is 5.45. The van der Waals surface area contributed by atoms with Gasteiger partial charge in [-0.05, 0) is 55.2 Å². The number of carbonyl (C=O) groups excluding carboxylic acids is 1. The van der Waals surface area contributed by atoms with E-state index in [1.165, 1.54) is 13.2 Å². The number of benzene rings is 2. The second-order valence-electron chi connectivity index (χ2n) is 7.72. The smallest absolute Gasteiger partial charge is 0.363 e. The predicted octanol–water partition coefficient (Wildman–Crippen LogP) is 5.30. The van der Waals surface area contributed by atoms with Crippen LogP contribution in [0.4, 0.5) is 19.0 Å². The molecule has 3 rings (SSSR count). The first-order valence-corrected chi connectivity index (χ1v) is 10.1. The number of alkyl halides is 3. The third kappa shape index (κ3) is 5.53. The Bertz CT molecular complexity index is 1120. The molecule has 0 aliphatic carbocycles. The number of hydrogen-bond acceptors (Lipinski definition) is 5. The number of rotatable bonds is 7. The zero-order valence-electron chi connectivity index (χ0n) is 18.2. The number of anilines is 1. The molecule has 0 spiro atoms. The van der Waals surface area contributed by atoms with Crippen LogP contribution in [0, 0.1) is 6.92 Å². The van der Waals surface area contributed by atoms with Crippen LogP contribution < -0.4 is 10.8 Å². The summed E-state index contributed by atoms with van der Waals surface area (Å²) in [5.41, 5.74) is 3.71. The molecule has 170 valence electrons. The van der Waals surface area contributed by atoms with Gasteiger partial charge in [-0.1, -0.05) is 25.1 Å². The van der Waals surface area contributed by atoms with Gasteiger partial charge in [-0.3, -0.25) is 9.63 Å². The molecule has 2 aromatic carbocycles. The zero-order valence-corrected chi connectivity index (χ0v) is 18.2. The molecule has 32 heavy (non-hydrogen) atoms. The van der Waals surface area contributed by atoms with Crippen LogP contribution >= 0.6 is 0 Å². The van der Waals surface area contributed by atoms with E-state index in [4.69, 9.17) is 0 Å². The quantitative estimate of drug-likeness (QED) is 0.482. The van der Waals surface area contributed by atoms with Gasteiger partial charge in [0.15, 0.2) is 0 Å². The van der Waals surface area contributed by atoms with E-state index in [1.807, 2.05) is 25.1 Å². The third-order valence-corrected chi connectivity index (χ3v) is 5.18. The lowest BCUT2D eigenvalue weighted by Gasteiger charge is -2.19. The molecular formula is C23H25F3N4O2. The molecule has 9 heteroatoms. The number of aromatic nitrogens is 2. The average molecular weight is 446 g/mol. The molecule has 1 aromatic heterocycles. The molecular weight excluding hydrogens is 421 g/mol. The fourth-order valence-electron chi connectivity index (χ4n) is 3.50. The number of nitrogens with one attached hydrogen (secondary N) is 2. The van der Waals surface area contributed by atoms with Crippen LogP contribution in [-0.4, -0.2) is 23.0 Å². The molecule has 0 fully saturated rings. The summed E-state index contributed by atoms with van der Waals surface area (Å²) in [6, 6.07) is 10.5. The lowest BCUT2D eigenvalue weighted by molar-refractivity contribution is -0.137. The van der Waals surface area contributed by atoms with Gasteiger partial charge < -0.3 is 5.32 Å². The van der Waals surface area contributed by atoms with E-state index in [0.717, 1.165) is 23.1 Å². The Hall–Kier alpha value is -3.20. The highest BCUT2D eigenvalue weighted by Gasteiger charge is 2.30. The van der Waals surface area contributed by atoms with E-state index in [2.05, 4.69) is 25.6 Å². The average Bonchev–Trinajstić information content (AvgIpc) is 2.73. The lowest BCUT2D eigenvalue weighted by atomic mass is 9.96. The van der Waals surface area contributed by atoms with Gasteiger partial charge in [0.25, 0.3) is 0 Å². The lowest BCUT2D eigenvalue weighted by Crippen LogP contribution is -2.23. The highest BCUT2D eigenvalue weighted by atomic mass is 19.4. The van der Waals surface area contributed by atoms with Crippen molar-refractivity contribution in [1.29, 1.82) is 0 Å². The first-order valence-electron chi connectivity index (χ1n) is 10.1. The number of amides is 1. The summed E-state index contributed by atoms with van der Waals surface area (Å²) in [7, 11) is 1.38. The SMILES string of the molecule is CONC(=O)CC(C)c1ccc2nc(C)nc(N[C@@H](C)c3cccc(C(F)(F)F)c3)c2c1. The van der Waals surface area contributed by atoms with Gasteiger partial charge in [0.2, 0.25) is 5.91 Å². The first-order chi connectivity index (χ1) is 15.1. The van der Waals surface area contributed by atoms with E-state index in [9.17, 15) is 18.0 Å². The van der Waals surface area contributed by atoms with Crippen molar-refractivity contribution in [2.45, 2.75) is 45.3 Å². The van der Waals surface area contributed by atoms with Gasteiger partial charge >= 0.3 is 6.18 Å². The molecule has 0 aliphatic rings. The number of hydroxylamine groups is 1. The molecule has 0 aliphatic heterocycles. The molecule has 2 N–H and O–H groups in total. The van der Waals surface area contributed by atoms with Gasteiger partial charge in [-0.15, -0.1) is 0 Å². The van der Waals surface area contributed by atoms with Crippen molar-refractivity contribution in [1.82, 2.24) is 15.4 Å². The van der Waals surface area contributed by atoms with Crippen LogP contribution in [0.5, 0.6) is 0 Å². The maximum Gasteiger partial charge on any atom is 0.416 e. The van der Waals surface area contributed by atoms with Gasteiger partial charge in [0.1, 0.15) is 11.6 Å². The Kier molecular flexibility index (Phi) is 6.98. The number of hydrogen-bond donors (Lipinski definition) is 2. The summed E-state index contributed by atoms with van der Waals surface area (Å²) in [5.74, 6) is 0.727. The minimum atomic E-state index is -4.41. The monoisotopic (exact) mass is 446 g/mol. The molecule has 6 nitrogen and oxygen atoms in total. The van der Waals surface area contributed by atoms with Crippen molar-refractivity contribution in [3.63, 3.8) is 0 Å². The Labute approximate surface area is 184 Å². The molecule has 3 aromatic rings. The number of fused-ring (bicyclic) bond motifs is 1. The molecule has 2 atom stereocenters. The Morgan fingerprint density at radius 1 is 1.09 bits per heavy atom. The van der Waals surface area contributed by atoms with Crippen LogP contribution in [0.25, 0.3) is 10.9 Å². The number of halogens is 3. The second kappa shape index (κ2) is 9.52. The standard InChI is InChI=1S/C23H25F3N4O2/c1-13(10-21(31)30-32-4)16-8-9-20-19(12-16)22(29-15(3)28-20)27-14(2)17-6-5-7-18(11-17)23(24,25)26/h5-9,11-14H,10H2,1-4H3,(H,30,31)(H,27,28,29)/t13?,14-/m0/s1. The highest BCUT2D eigenvalue weighted by Crippen LogP contribution is 2.32. The molecule has 0 saturated heterocycles. The number of aryl methyl sites for hydroxylation is 1. The van der Waals surface area contributed by atoms with Gasteiger partial charge in [-0.25, -0.2) is 15.4 Å². The normalized spacial score (nSPS) is 13.6. The number of nitrogens with zero attached hydrogens (tertiary/aromatic N) is 2. The van der Waals surface area contributed by atoms with Gasteiger partial charge in [-0.2, -0.15) is 13.2 Å². The molecule has 0 saturated carbocycles. The molecule has 0 radical (unpaired) electrons. The Morgan fingerprint density at radius 2 is 1.84 bits per heavy atom. The van der Waals surface area contributed by atoms with E-state index >= 15 is 0 Å². The van der Waals surface area contributed by atoms with Crippen molar-refractivity contribution >= 4 is 22.6 Å². The zero-order chi connectivity index (χ0) is 23.5. The van der Waals surface area contributed by atoms with Crippen LogP contribution in [-0.2, 0) is 15.8 Å². The molecule has 1 amide bonds. The van der Waals surface area contributed by atoms with Crippen LogP contribution in [0.15, 0.2) is 42.5 Å². The van der Waals surface area contributed by atoms with Crippen LogP contribution in [0.1, 0.15) is 54.7 Å². The Balaban J connectivity index is 1.93. The van der Waals surface area contributed by atoms with Crippen LogP contribution in [0.2, 0.25) is 0 Å². The minimum Gasteiger partial charge on any atom is -0.363 e. The molecule has 1 heterocycles. The fraction of sp³-hybridized carbons (Fsp3) is 0.348. The van der Waals surface area contributed by atoms with Crippen molar-refractivity contribution in [2.24, 2.45) is 0 Å². The predicted molar refractivity (Wildman–Crippen MR) is 116 cm³/mol. The third-order valence-electron chi connectivity index (χ3n) is 5.18. The van der Waals surface area contributed by atoms with Crippen molar-refractivity contribution in [2.75, 3.05) is 12.4 Å². The molecule has 1 unspecified atom stereocenters. The van der Waals surface area contributed by atoms with Gasteiger partial charge in [0, 0.05) is 17.8 Å². The van der Waals surface area contributed by atoms with E-state index < -0.39 is 17.8 Å². The summed E-state index contributed by atoms with van der Waals surface area (Å²) in [6.07, 6.45) is -4.18. The van der Waals surface area contributed by atoms with Crippen molar-refractivity contribution in [3.8, 4) is 0 Å². The highest BCUT2D eigenvalue weighted by molar-refractivity contribution is 5.90. The van der Waals surface area contributed by atoms with Gasteiger partial charge in [0.05, 0.1) is 18.2 Å². The maximum absolute atomic E-state index is 13.1. The first kappa shape index (κ1) is 23.5. The summed E-state index contributed by atoms with van der Waals surface area (Å²) >= 11 is 0. The topological polar surface area (TPSA) is 76.1 Å². The summed E-state index contributed by atoms with van der Waals surface area (Å²) in [5, 5.41) is 3.96. The molecule has 0 bridgehead atoms. The van der Waals surface area contributed by atoms with E-state index in [-0.39, 0.29) is 18.2 Å². The summed E-state index contributed by atoms with van der Waals surface area (Å²) in [4.78, 5) is 25.4. The summed E-state index contributed by atoms with van der Waals surface area (Å²) < 4.78 is 39.3. The van der Waals surface area contributed by atoms with Crippen LogP contribution in [0.3, 0.4) is 0 Å². The van der Waals surface area contributed by atoms with E-state index in [1.54, 1.807) is 19.9 Å². The van der Waals surface area contributed by atoms with E-state index in [0.29, 0.717) is 22.7 Å². The fourth-order valence-corrected chi connectivity index (χ4v) is 3.50. The second-order valence-corrected chi connectivity index (χ2v) is 7.72. The number of carbonyl (C=O) groups is 1. The maximum atomic E-state index is 13.1. The van der Waals surface area contributed by atoms with Crippen molar-refractivity contribution in [3.05, 3.63) is 65.0 Å².